The highest BCUT2D eigenvalue weighted by atomic mass is 16.5. The number of hydrogen-bond acceptors (Lipinski definition) is 5. The second-order valence-corrected chi connectivity index (χ2v) is 7.15. The van der Waals surface area contributed by atoms with Gasteiger partial charge in [-0.2, -0.15) is 0 Å². The van der Waals surface area contributed by atoms with Crippen molar-refractivity contribution in [2.75, 3.05) is 18.5 Å². The van der Waals surface area contributed by atoms with Crippen LogP contribution in [0.3, 0.4) is 0 Å². The van der Waals surface area contributed by atoms with Gasteiger partial charge in [0.1, 0.15) is 5.75 Å². The first-order chi connectivity index (χ1) is 14.9. The third kappa shape index (κ3) is 5.65. The number of nitrogens with zero attached hydrogens (tertiary/aromatic N) is 2. The molecule has 0 aliphatic carbocycles. The number of aryl methyl sites for hydroxylation is 1. The fourth-order valence-electron chi connectivity index (χ4n) is 3.16. The van der Waals surface area contributed by atoms with E-state index in [0.717, 1.165) is 16.0 Å². The lowest BCUT2D eigenvalue weighted by atomic mass is 10.1. The topological polar surface area (TPSA) is 111 Å². The van der Waals surface area contributed by atoms with Gasteiger partial charge < -0.3 is 15.2 Å². The van der Waals surface area contributed by atoms with E-state index in [0.29, 0.717) is 18.0 Å². The van der Waals surface area contributed by atoms with Crippen molar-refractivity contribution in [1.29, 1.82) is 0 Å². The number of carboxylic acids is 1. The van der Waals surface area contributed by atoms with Crippen LogP contribution in [-0.2, 0) is 11.3 Å². The van der Waals surface area contributed by atoms with Gasteiger partial charge in [-0.15, -0.1) is 0 Å². The van der Waals surface area contributed by atoms with Crippen molar-refractivity contribution in [2.45, 2.75) is 33.1 Å². The number of imide groups is 1. The quantitative estimate of drug-likeness (QED) is 0.568. The summed E-state index contributed by atoms with van der Waals surface area (Å²) >= 11 is 0. The zero-order valence-electron chi connectivity index (χ0n) is 17.5. The third-order valence-electron chi connectivity index (χ3n) is 4.79. The Kier molecular flexibility index (Phi) is 6.96. The van der Waals surface area contributed by atoms with Crippen molar-refractivity contribution >= 4 is 23.7 Å². The van der Waals surface area contributed by atoms with Crippen molar-refractivity contribution in [3.63, 3.8) is 0 Å². The van der Waals surface area contributed by atoms with Crippen molar-refractivity contribution in [1.82, 2.24) is 15.1 Å². The first-order valence-corrected chi connectivity index (χ1v) is 10.0. The number of rotatable bonds is 9. The van der Waals surface area contributed by atoms with Crippen LogP contribution in [0.25, 0.3) is 0 Å². The zero-order valence-corrected chi connectivity index (χ0v) is 17.5. The number of nitrogens with one attached hydrogen (secondary N) is 2. The lowest BCUT2D eigenvalue weighted by Crippen LogP contribution is -2.67. The van der Waals surface area contributed by atoms with Crippen LogP contribution < -0.4 is 15.4 Å². The van der Waals surface area contributed by atoms with Gasteiger partial charge in [0.15, 0.2) is 6.29 Å². The Balaban J connectivity index is 1.82. The van der Waals surface area contributed by atoms with Gasteiger partial charge in [0, 0.05) is 12.2 Å². The third-order valence-corrected chi connectivity index (χ3v) is 4.79. The molecule has 1 heterocycles. The Hall–Kier alpha value is -3.75. The Morgan fingerprint density at radius 2 is 1.81 bits per heavy atom. The molecule has 0 radical (unpaired) electrons. The number of carboxylic acid groups (broad SMARTS) is 1. The average molecular weight is 426 g/mol. The van der Waals surface area contributed by atoms with Gasteiger partial charge in [0.05, 0.1) is 19.6 Å². The van der Waals surface area contributed by atoms with Gasteiger partial charge >= 0.3 is 18.0 Å². The van der Waals surface area contributed by atoms with Gasteiger partial charge in [-0.1, -0.05) is 29.8 Å². The molecule has 0 spiro atoms. The van der Waals surface area contributed by atoms with Crippen LogP contribution in [0.1, 0.15) is 24.5 Å². The molecule has 0 bridgehead atoms. The molecule has 4 amide bonds. The zero-order chi connectivity index (χ0) is 22.4. The Morgan fingerprint density at radius 1 is 1.13 bits per heavy atom. The standard InChI is InChI=1S/C22H26N4O5/c1-3-31-18-10-8-17(9-11-18)23-20-24-21(29)25(13-12-19(27)28)22(30)26(20)14-16-6-4-15(2)5-7-16/h4-11,20,23H,3,12-14H2,1-2H3,(H,24,29)(H,27,28). The van der Waals surface area contributed by atoms with E-state index >= 15 is 0 Å². The number of benzene rings is 2. The Labute approximate surface area is 180 Å². The molecule has 1 atom stereocenters. The first-order valence-electron chi connectivity index (χ1n) is 10.0. The smallest absolute Gasteiger partial charge is 0.331 e. The van der Waals surface area contributed by atoms with Crippen LogP contribution in [0.2, 0.25) is 0 Å². The van der Waals surface area contributed by atoms with Crippen LogP contribution >= 0.6 is 0 Å². The molecule has 31 heavy (non-hydrogen) atoms. The first kappa shape index (κ1) is 21.9. The van der Waals surface area contributed by atoms with E-state index < -0.39 is 24.3 Å². The Bertz CT molecular complexity index is 930. The predicted octanol–water partition coefficient (Wildman–Crippen LogP) is 3.21. The van der Waals surface area contributed by atoms with Gasteiger partial charge in [-0.3, -0.25) is 15.0 Å². The molecule has 0 saturated carbocycles. The minimum Gasteiger partial charge on any atom is -0.494 e. The molecule has 1 aliphatic heterocycles. The Morgan fingerprint density at radius 3 is 2.42 bits per heavy atom. The fraction of sp³-hybridized carbons (Fsp3) is 0.318. The molecule has 2 aromatic rings. The lowest BCUT2D eigenvalue weighted by Gasteiger charge is -2.41. The molecule has 2 aromatic carbocycles. The van der Waals surface area contributed by atoms with Gasteiger partial charge in [0.2, 0.25) is 0 Å². The van der Waals surface area contributed by atoms with Crippen molar-refractivity contribution in [3.8, 4) is 5.75 Å². The van der Waals surface area contributed by atoms with Gasteiger partial charge in [-0.05, 0) is 43.7 Å². The van der Waals surface area contributed by atoms with Gasteiger partial charge in [0.25, 0.3) is 0 Å². The molecule has 1 aliphatic rings. The van der Waals surface area contributed by atoms with E-state index in [2.05, 4.69) is 10.6 Å². The maximum absolute atomic E-state index is 13.1. The second kappa shape index (κ2) is 9.84. The highest BCUT2D eigenvalue weighted by molar-refractivity contribution is 5.96. The van der Waals surface area contributed by atoms with Crippen molar-refractivity contribution in [2.24, 2.45) is 0 Å². The summed E-state index contributed by atoms with van der Waals surface area (Å²) in [5, 5.41) is 14.8. The van der Waals surface area contributed by atoms with Crippen LogP contribution in [0, 0.1) is 6.92 Å². The summed E-state index contributed by atoms with van der Waals surface area (Å²) in [6, 6.07) is 13.7. The molecule has 164 valence electrons. The van der Waals surface area contributed by atoms with Crippen molar-refractivity contribution in [3.05, 3.63) is 59.7 Å². The van der Waals surface area contributed by atoms with E-state index in [1.165, 1.54) is 4.90 Å². The van der Waals surface area contributed by atoms with Crippen LogP contribution in [0.15, 0.2) is 48.5 Å². The minimum atomic E-state index is -1.08. The lowest BCUT2D eigenvalue weighted by molar-refractivity contribution is -0.137. The summed E-state index contributed by atoms with van der Waals surface area (Å²) in [4.78, 5) is 38.9. The molecule has 3 N–H and O–H groups in total. The maximum Gasteiger partial charge on any atom is 0.331 e. The summed E-state index contributed by atoms with van der Waals surface area (Å²) in [5.74, 6) is -0.367. The summed E-state index contributed by atoms with van der Waals surface area (Å²) in [6.45, 7) is 4.45. The maximum atomic E-state index is 13.1. The highest BCUT2D eigenvalue weighted by Crippen LogP contribution is 2.20. The minimum absolute atomic E-state index is 0.208. The number of urea groups is 2. The predicted molar refractivity (Wildman–Crippen MR) is 115 cm³/mol. The number of anilines is 1. The number of carbonyl (C=O) groups is 3. The normalized spacial score (nSPS) is 16.1. The molecule has 1 fully saturated rings. The molecular formula is C22H26N4O5. The summed E-state index contributed by atoms with van der Waals surface area (Å²) in [5.41, 5.74) is 2.66. The van der Waals surface area contributed by atoms with Crippen molar-refractivity contribution < 1.29 is 24.2 Å². The second-order valence-electron chi connectivity index (χ2n) is 7.15. The number of ether oxygens (including phenoxy) is 1. The van der Waals surface area contributed by atoms with Crippen LogP contribution in [-0.4, -0.2) is 52.4 Å². The van der Waals surface area contributed by atoms with E-state index in [1.54, 1.807) is 24.3 Å². The molecule has 3 rings (SSSR count). The summed E-state index contributed by atoms with van der Waals surface area (Å²) < 4.78 is 5.44. The van der Waals surface area contributed by atoms with E-state index in [9.17, 15) is 14.4 Å². The fourth-order valence-corrected chi connectivity index (χ4v) is 3.16. The highest BCUT2D eigenvalue weighted by Gasteiger charge is 2.38. The number of hydrogen-bond donors (Lipinski definition) is 3. The molecule has 9 nitrogen and oxygen atoms in total. The largest absolute Gasteiger partial charge is 0.494 e. The van der Waals surface area contributed by atoms with E-state index in [-0.39, 0.29) is 19.5 Å². The molecule has 1 saturated heterocycles. The number of amides is 4. The molecular weight excluding hydrogens is 400 g/mol. The summed E-state index contributed by atoms with van der Waals surface area (Å²) in [7, 11) is 0. The van der Waals surface area contributed by atoms with Gasteiger partial charge in [-0.25, -0.2) is 14.5 Å². The number of carbonyl (C=O) groups excluding carboxylic acids is 2. The van der Waals surface area contributed by atoms with Crippen LogP contribution in [0.4, 0.5) is 15.3 Å². The average Bonchev–Trinajstić information content (AvgIpc) is 2.73. The molecule has 0 aromatic heterocycles. The number of aliphatic carboxylic acids is 1. The van der Waals surface area contributed by atoms with E-state index in [1.807, 2.05) is 38.1 Å². The van der Waals surface area contributed by atoms with E-state index in [4.69, 9.17) is 9.84 Å². The molecule has 9 heteroatoms. The van der Waals surface area contributed by atoms with Crippen LogP contribution in [0.5, 0.6) is 5.75 Å². The SMILES string of the molecule is CCOc1ccc(NC2NC(=O)N(CCC(=O)O)C(=O)N2Cc2ccc(C)cc2)cc1. The monoisotopic (exact) mass is 426 g/mol. The molecule has 1 unspecified atom stereocenters. The summed E-state index contributed by atoms with van der Waals surface area (Å²) in [6.07, 6.45) is -1.13.